The fourth-order valence-corrected chi connectivity index (χ4v) is 3.61. The quantitative estimate of drug-likeness (QED) is 0.290. The molecule has 2 N–H and O–H groups in total. The lowest BCUT2D eigenvalue weighted by atomic mass is 9.67. The highest BCUT2D eigenvalue weighted by Gasteiger charge is 2.36. The summed E-state index contributed by atoms with van der Waals surface area (Å²) in [7, 11) is 1.78. The Morgan fingerprint density at radius 1 is 1.24 bits per heavy atom. The first kappa shape index (κ1) is 23.7. The number of nitrogens with one attached hydrogen (secondary N) is 2. The maximum atomic E-state index is 5.29. The smallest absolute Gasteiger partial charge is 0.191 e. The molecule has 29 heavy (non-hydrogen) atoms. The number of methoxy groups -OCH3 is 1. The van der Waals surface area contributed by atoms with E-state index in [0.29, 0.717) is 5.41 Å². The van der Waals surface area contributed by atoms with Crippen molar-refractivity contribution in [1.29, 1.82) is 0 Å². The summed E-state index contributed by atoms with van der Waals surface area (Å²) in [6, 6.07) is 10.2. The Kier molecular flexibility index (Phi) is 9.93. The third kappa shape index (κ3) is 6.99. The van der Waals surface area contributed by atoms with Crippen LogP contribution in [0.4, 0.5) is 0 Å². The van der Waals surface area contributed by atoms with Gasteiger partial charge in [0.1, 0.15) is 0 Å². The SMILES string of the molecule is CCNC(=NCC1(CCOC)CCC1)NCCc1cnn(-c2ccccc2)c1.I. The number of para-hydroxylation sites is 1. The van der Waals surface area contributed by atoms with Crippen molar-refractivity contribution in [2.45, 2.75) is 39.0 Å². The lowest BCUT2D eigenvalue weighted by Crippen LogP contribution is -2.41. The lowest BCUT2D eigenvalue weighted by molar-refractivity contribution is 0.0778. The summed E-state index contributed by atoms with van der Waals surface area (Å²) in [5.41, 5.74) is 2.64. The van der Waals surface area contributed by atoms with Gasteiger partial charge in [0.15, 0.2) is 5.96 Å². The molecule has 1 aromatic heterocycles. The molecule has 0 unspecified atom stereocenters. The van der Waals surface area contributed by atoms with E-state index in [1.165, 1.54) is 24.8 Å². The zero-order valence-electron chi connectivity index (χ0n) is 17.6. The fraction of sp³-hybridized carbons (Fsp3) is 0.545. The molecule has 6 nitrogen and oxygen atoms in total. The summed E-state index contributed by atoms with van der Waals surface area (Å²) >= 11 is 0. The van der Waals surface area contributed by atoms with Gasteiger partial charge in [-0.2, -0.15) is 5.10 Å². The molecule has 0 aliphatic heterocycles. The molecule has 0 amide bonds. The van der Waals surface area contributed by atoms with Crippen molar-refractivity contribution in [3.8, 4) is 5.69 Å². The van der Waals surface area contributed by atoms with Crippen molar-refractivity contribution < 1.29 is 4.74 Å². The molecule has 3 rings (SSSR count). The Hall–Kier alpha value is -1.61. The molecule has 0 radical (unpaired) electrons. The van der Waals surface area contributed by atoms with Crippen molar-refractivity contribution in [2.75, 3.05) is 33.4 Å². The Bertz CT molecular complexity index is 743. The largest absolute Gasteiger partial charge is 0.385 e. The van der Waals surface area contributed by atoms with Crippen LogP contribution in [0.3, 0.4) is 0 Å². The van der Waals surface area contributed by atoms with Gasteiger partial charge in [0, 0.05) is 39.5 Å². The molecule has 0 atom stereocenters. The summed E-state index contributed by atoms with van der Waals surface area (Å²) in [4.78, 5) is 4.86. The summed E-state index contributed by atoms with van der Waals surface area (Å²) in [5.74, 6) is 0.904. The Morgan fingerprint density at radius 3 is 2.69 bits per heavy atom. The Labute approximate surface area is 191 Å². The predicted octanol–water partition coefficient (Wildman–Crippen LogP) is 3.79. The van der Waals surface area contributed by atoms with Crippen LogP contribution in [-0.4, -0.2) is 49.1 Å². The number of hydrogen-bond donors (Lipinski definition) is 2. The maximum absolute atomic E-state index is 5.29. The van der Waals surface area contributed by atoms with Gasteiger partial charge in [0.25, 0.3) is 0 Å². The van der Waals surface area contributed by atoms with Gasteiger partial charge in [-0.15, -0.1) is 24.0 Å². The normalized spacial score (nSPS) is 15.3. The van der Waals surface area contributed by atoms with Gasteiger partial charge in [0.05, 0.1) is 11.9 Å². The summed E-state index contributed by atoms with van der Waals surface area (Å²) < 4.78 is 7.21. The number of benzene rings is 1. The molecule has 1 aliphatic carbocycles. The van der Waals surface area contributed by atoms with Crippen molar-refractivity contribution in [3.05, 3.63) is 48.3 Å². The highest BCUT2D eigenvalue weighted by Crippen LogP contribution is 2.44. The van der Waals surface area contributed by atoms with E-state index in [1.54, 1.807) is 7.11 Å². The van der Waals surface area contributed by atoms with E-state index in [4.69, 9.17) is 9.73 Å². The molecule has 160 valence electrons. The van der Waals surface area contributed by atoms with Crippen LogP contribution >= 0.6 is 24.0 Å². The van der Waals surface area contributed by atoms with Crippen LogP contribution in [0.2, 0.25) is 0 Å². The van der Waals surface area contributed by atoms with Crippen LogP contribution in [0.15, 0.2) is 47.7 Å². The molecule has 0 bridgehead atoms. The monoisotopic (exact) mass is 511 g/mol. The van der Waals surface area contributed by atoms with Gasteiger partial charge in [-0.05, 0) is 55.7 Å². The number of halogens is 1. The van der Waals surface area contributed by atoms with Gasteiger partial charge < -0.3 is 15.4 Å². The lowest BCUT2D eigenvalue weighted by Gasteiger charge is -2.40. The first-order valence-corrected chi connectivity index (χ1v) is 10.3. The topological polar surface area (TPSA) is 63.5 Å². The first-order chi connectivity index (χ1) is 13.7. The van der Waals surface area contributed by atoms with E-state index in [2.05, 4.69) is 41.0 Å². The highest BCUT2D eigenvalue weighted by molar-refractivity contribution is 14.0. The molecule has 1 saturated carbocycles. The van der Waals surface area contributed by atoms with Crippen LogP contribution in [0.5, 0.6) is 0 Å². The minimum Gasteiger partial charge on any atom is -0.385 e. The predicted molar refractivity (Wildman–Crippen MR) is 129 cm³/mol. The van der Waals surface area contributed by atoms with E-state index < -0.39 is 0 Å². The number of aliphatic imine (C=N–C) groups is 1. The van der Waals surface area contributed by atoms with Crippen molar-refractivity contribution in [1.82, 2.24) is 20.4 Å². The van der Waals surface area contributed by atoms with Gasteiger partial charge in [-0.25, -0.2) is 4.68 Å². The standard InChI is InChI=1S/C22H33N5O.HI/c1-3-23-21(25-18-22(11-7-12-22)13-15-28-2)24-14-10-19-16-26-27(17-19)20-8-5-4-6-9-20;/h4-6,8-9,16-17H,3,7,10-15,18H2,1-2H3,(H2,23,24,25);1H. The molecule has 2 aromatic rings. The number of aromatic nitrogens is 2. The van der Waals surface area contributed by atoms with Crippen LogP contribution in [-0.2, 0) is 11.2 Å². The van der Waals surface area contributed by atoms with E-state index in [0.717, 1.165) is 50.7 Å². The molecule has 1 fully saturated rings. The average Bonchev–Trinajstić information content (AvgIpc) is 3.16. The summed E-state index contributed by atoms with van der Waals surface area (Å²) in [6.07, 6.45) is 9.88. The molecule has 0 saturated heterocycles. The van der Waals surface area contributed by atoms with Crippen molar-refractivity contribution in [2.24, 2.45) is 10.4 Å². The molecule has 7 heteroatoms. The molecule has 1 heterocycles. The van der Waals surface area contributed by atoms with Crippen LogP contribution in [0, 0.1) is 5.41 Å². The van der Waals surface area contributed by atoms with E-state index in [1.807, 2.05) is 29.1 Å². The maximum Gasteiger partial charge on any atom is 0.191 e. The third-order valence-electron chi connectivity index (χ3n) is 5.53. The van der Waals surface area contributed by atoms with Gasteiger partial charge in [-0.3, -0.25) is 4.99 Å². The number of ether oxygens (including phenoxy) is 1. The zero-order valence-corrected chi connectivity index (χ0v) is 19.9. The summed E-state index contributed by atoms with van der Waals surface area (Å²) in [6.45, 7) is 5.49. The van der Waals surface area contributed by atoms with Gasteiger partial charge >= 0.3 is 0 Å². The minimum atomic E-state index is 0. The van der Waals surface area contributed by atoms with Crippen LogP contribution in [0.25, 0.3) is 5.69 Å². The Balaban J connectivity index is 0.00000300. The van der Waals surface area contributed by atoms with Crippen molar-refractivity contribution in [3.63, 3.8) is 0 Å². The zero-order chi connectivity index (χ0) is 19.7. The molecular formula is C22H34IN5O. The second-order valence-electron chi connectivity index (χ2n) is 7.60. The molecule has 1 aromatic carbocycles. The number of nitrogens with zero attached hydrogens (tertiary/aromatic N) is 3. The number of guanidine groups is 1. The highest BCUT2D eigenvalue weighted by atomic mass is 127. The van der Waals surface area contributed by atoms with Crippen molar-refractivity contribution >= 4 is 29.9 Å². The first-order valence-electron chi connectivity index (χ1n) is 10.3. The van der Waals surface area contributed by atoms with Crippen LogP contribution < -0.4 is 10.6 Å². The third-order valence-corrected chi connectivity index (χ3v) is 5.53. The molecule has 1 aliphatic rings. The fourth-order valence-electron chi connectivity index (χ4n) is 3.61. The van der Waals surface area contributed by atoms with E-state index in [-0.39, 0.29) is 24.0 Å². The molecular weight excluding hydrogens is 477 g/mol. The van der Waals surface area contributed by atoms with Gasteiger partial charge in [0.2, 0.25) is 0 Å². The minimum absolute atomic E-state index is 0. The second-order valence-corrected chi connectivity index (χ2v) is 7.60. The number of rotatable bonds is 10. The Morgan fingerprint density at radius 2 is 2.03 bits per heavy atom. The van der Waals surface area contributed by atoms with Crippen LogP contribution in [0.1, 0.15) is 38.2 Å². The molecule has 0 spiro atoms. The summed E-state index contributed by atoms with van der Waals surface area (Å²) in [5, 5.41) is 11.3. The second kappa shape index (κ2) is 12.2. The average molecular weight is 511 g/mol. The van der Waals surface area contributed by atoms with Gasteiger partial charge in [-0.1, -0.05) is 24.6 Å². The van der Waals surface area contributed by atoms with E-state index in [9.17, 15) is 0 Å². The number of hydrogen-bond acceptors (Lipinski definition) is 3. The van der Waals surface area contributed by atoms with E-state index >= 15 is 0 Å².